The number of nitrogens with one attached hydrogen (secondary N) is 1. The second kappa shape index (κ2) is 3.86. The molecule has 72 valence electrons. The van der Waals surface area contributed by atoms with Gasteiger partial charge in [0.1, 0.15) is 5.25 Å². The maximum atomic E-state index is 11.0. The summed E-state index contributed by atoms with van der Waals surface area (Å²) < 4.78 is 22.0. The van der Waals surface area contributed by atoms with Gasteiger partial charge in [-0.3, -0.25) is 10.0 Å². The number of hydrogen-bond donors (Lipinski definition) is 2. The van der Waals surface area contributed by atoms with Crippen molar-refractivity contribution in [3.63, 3.8) is 0 Å². The van der Waals surface area contributed by atoms with Crippen LogP contribution in [0.3, 0.4) is 0 Å². The van der Waals surface area contributed by atoms with E-state index in [4.69, 9.17) is 5.21 Å². The Labute approximate surface area is 71.6 Å². The van der Waals surface area contributed by atoms with Crippen molar-refractivity contribution in [2.24, 2.45) is 5.92 Å². The Hall–Kier alpha value is -0.620. The molecule has 0 aromatic rings. The summed E-state index contributed by atoms with van der Waals surface area (Å²) >= 11 is 0. The maximum absolute atomic E-state index is 11.0. The average molecular weight is 195 g/mol. The molecule has 0 fully saturated rings. The van der Waals surface area contributed by atoms with Crippen LogP contribution in [0.1, 0.15) is 13.8 Å². The second-order valence-corrected chi connectivity index (χ2v) is 5.14. The minimum absolute atomic E-state index is 0.354. The lowest BCUT2D eigenvalue weighted by molar-refractivity contribution is -0.129. The van der Waals surface area contributed by atoms with Crippen molar-refractivity contribution in [3.05, 3.63) is 0 Å². The minimum Gasteiger partial charge on any atom is -0.289 e. The van der Waals surface area contributed by atoms with E-state index >= 15 is 0 Å². The predicted molar refractivity (Wildman–Crippen MR) is 43.4 cm³/mol. The first kappa shape index (κ1) is 11.4. The molecular weight excluding hydrogens is 182 g/mol. The van der Waals surface area contributed by atoms with Crippen LogP contribution in [0.2, 0.25) is 0 Å². The van der Waals surface area contributed by atoms with Crippen LogP contribution in [0.5, 0.6) is 0 Å². The van der Waals surface area contributed by atoms with Gasteiger partial charge >= 0.3 is 0 Å². The van der Waals surface area contributed by atoms with E-state index in [1.54, 1.807) is 13.8 Å². The van der Waals surface area contributed by atoms with Gasteiger partial charge in [0.2, 0.25) is 0 Å². The molecule has 1 amide bonds. The fraction of sp³-hybridized carbons (Fsp3) is 0.833. The van der Waals surface area contributed by atoms with Gasteiger partial charge in [-0.25, -0.2) is 13.9 Å². The van der Waals surface area contributed by atoms with Gasteiger partial charge in [0.05, 0.1) is 0 Å². The molecule has 5 nitrogen and oxygen atoms in total. The molecule has 0 spiro atoms. The van der Waals surface area contributed by atoms with Crippen molar-refractivity contribution in [3.8, 4) is 0 Å². The number of carbonyl (C=O) groups excluding carboxylic acids is 1. The third kappa shape index (κ3) is 2.78. The van der Waals surface area contributed by atoms with Crippen LogP contribution < -0.4 is 5.48 Å². The first-order valence-electron chi connectivity index (χ1n) is 3.43. The zero-order valence-electron chi connectivity index (χ0n) is 7.23. The molecule has 0 saturated carbocycles. The number of hydrogen-bond acceptors (Lipinski definition) is 4. The highest BCUT2D eigenvalue weighted by atomic mass is 32.2. The van der Waals surface area contributed by atoms with Crippen LogP contribution >= 0.6 is 0 Å². The molecule has 0 saturated heterocycles. The lowest BCUT2D eigenvalue weighted by atomic mass is 10.1. The van der Waals surface area contributed by atoms with E-state index in [9.17, 15) is 13.2 Å². The molecular formula is C6H13NO4S. The Balaban J connectivity index is 4.82. The van der Waals surface area contributed by atoms with E-state index in [1.165, 1.54) is 5.48 Å². The molecule has 0 radical (unpaired) electrons. The minimum atomic E-state index is -3.45. The van der Waals surface area contributed by atoms with Gasteiger partial charge in [0, 0.05) is 6.26 Å². The van der Waals surface area contributed by atoms with Crippen LogP contribution in [-0.4, -0.2) is 31.0 Å². The zero-order chi connectivity index (χ0) is 9.94. The van der Waals surface area contributed by atoms with Crippen LogP contribution in [0.4, 0.5) is 0 Å². The standard InChI is InChI=1S/C6H13NO4S/c1-4(2)5(6(8)7-9)12(3,10)11/h4-5,9H,1-3H3,(H,7,8). The van der Waals surface area contributed by atoms with Crippen molar-refractivity contribution < 1.29 is 18.4 Å². The molecule has 0 aromatic heterocycles. The Morgan fingerprint density at radius 1 is 1.42 bits per heavy atom. The summed E-state index contributed by atoms with van der Waals surface area (Å²) in [4.78, 5) is 10.9. The highest BCUT2D eigenvalue weighted by Crippen LogP contribution is 2.10. The van der Waals surface area contributed by atoms with E-state index in [0.29, 0.717) is 0 Å². The summed E-state index contributed by atoms with van der Waals surface area (Å²) in [6.07, 6.45) is 0.965. The summed E-state index contributed by atoms with van der Waals surface area (Å²) in [6.45, 7) is 3.20. The van der Waals surface area contributed by atoms with E-state index in [1.807, 2.05) is 0 Å². The van der Waals surface area contributed by atoms with E-state index in [0.717, 1.165) is 6.26 Å². The largest absolute Gasteiger partial charge is 0.289 e. The fourth-order valence-electron chi connectivity index (χ4n) is 1.06. The molecule has 1 unspecified atom stereocenters. The van der Waals surface area contributed by atoms with Crippen molar-refractivity contribution in [1.82, 2.24) is 5.48 Å². The number of sulfone groups is 1. The number of carbonyl (C=O) groups is 1. The maximum Gasteiger partial charge on any atom is 0.261 e. The van der Waals surface area contributed by atoms with E-state index < -0.39 is 21.0 Å². The predicted octanol–water partition coefficient (Wildman–Crippen LogP) is -0.439. The van der Waals surface area contributed by atoms with Gasteiger partial charge < -0.3 is 0 Å². The quantitative estimate of drug-likeness (QED) is 0.472. The van der Waals surface area contributed by atoms with Gasteiger partial charge in [-0.2, -0.15) is 0 Å². The SMILES string of the molecule is CC(C)C(C(=O)NO)S(C)(=O)=O. The Morgan fingerprint density at radius 3 is 1.92 bits per heavy atom. The summed E-state index contributed by atoms with van der Waals surface area (Å²) in [5.74, 6) is -1.24. The summed E-state index contributed by atoms with van der Waals surface area (Å²) in [5, 5.41) is 7.08. The van der Waals surface area contributed by atoms with E-state index in [2.05, 4.69) is 0 Å². The third-order valence-electron chi connectivity index (χ3n) is 1.44. The molecule has 0 heterocycles. The number of rotatable bonds is 3. The van der Waals surface area contributed by atoms with Crippen LogP contribution in [0.25, 0.3) is 0 Å². The Kier molecular flexibility index (Phi) is 3.66. The Morgan fingerprint density at radius 2 is 1.83 bits per heavy atom. The van der Waals surface area contributed by atoms with Crippen LogP contribution in [-0.2, 0) is 14.6 Å². The highest BCUT2D eigenvalue weighted by molar-refractivity contribution is 7.92. The summed E-state index contributed by atoms with van der Waals surface area (Å²) in [7, 11) is -3.45. The van der Waals surface area contributed by atoms with Gasteiger partial charge in [-0.1, -0.05) is 13.8 Å². The molecule has 1 atom stereocenters. The van der Waals surface area contributed by atoms with Gasteiger partial charge in [0.25, 0.3) is 5.91 Å². The number of amides is 1. The average Bonchev–Trinajstić information content (AvgIpc) is 1.83. The summed E-state index contributed by atoms with van der Waals surface area (Å²) in [5.41, 5.74) is 1.33. The lowest BCUT2D eigenvalue weighted by Crippen LogP contribution is -2.41. The molecule has 0 aromatic carbocycles. The monoisotopic (exact) mass is 195 g/mol. The fourth-order valence-corrected chi connectivity index (χ4v) is 2.49. The molecule has 0 aliphatic heterocycles. The van der Waals surface area contributed by atoms with Crippen molar-refractivity contribution >= 4 is 15.7 Å². The molecule has 12 heavy (non-hydrogen) atoms. The molecule has 0 aliphatic carbocycles. The molecule has 0 bridgehead atoms. The van der Waals surface area contributed by atoms with E-state index in [-0.39, 0.29) is 5.92 Å². The van der Waals surface area contributed by atoms with Gasteiger partial charge in [-0.15, -0.1) is 0 Å². The Bertz CT molecular complexity index is 257. The van der Waals surface area contributed by atoms with Gasteiger partial charge in [-0.05, 0) is 5.92 Å². The molecule has 6 heteroatoms. The third-order valence-corrected chi connectivity index (χ3v) is 3.12. The van der Waals surface area contributed by atoms with Crippen LogP contribution in [0.15, 0.2) is 0 Å². The molecule has 2 N–H and O–H groups in total. The normalized spacial score (nSPS) is 14.4. The van der Waals surface area contributed by atoms with Crippen molar-refractivity contribution in [1.29, 1.82) is 0 Å². The van der Waals surface area contributed by atoms with Crippen molar-refractivity contribution in [2.45, 2.75) is 19.1 Å². The first-order valence-corrected chi connectivity index (χ1v) is 5.39. The topological polar surface area (TPSA) is 83.5 Å². The second-order valence-electron chi connectivity index (χ2n) is 2.97. The highest BCUT2D eigenvalue weighted by Gasteiger charge is 2.31. The molecule has 0 aliphatic rings. The van der Waals surface area contributed by atoms with Crippen molar-refractivity contribution in [2.75, 3.05) is 6.26 Å². The number of hydroxylamine groups is 1. The molecule has 0 rings (SSSR count). The zero-order valence-corrected chi connectivity index (χ0v) is 8.05. The lowest BCUT2D eigenvalue weighted by Gasteiger charge is -2.15. The smallest absolute Gasteiger partial charge is 0.261 e. The van der Waals surface area contributed by atoms with Crippen LogP contribution in [0, 0.1) is 5.92 Å². The van der Waals surface area contributed by atoms with Gasteiger partial charge in [0.15, 0.2) is 9.84 Å². The summed E-state index contributed by atoms with van der Waals surface area (Å²) in [6, 6.07) is 0. The first-order chi connectivity index (χ1) is 5.30.